The number of nitrogens with zero attached hydrogens (tertiary/aromatic N) is 1. The molecule has 0 unspecified atom stereocenters. The lowest BCUT2D eigenvalue weighted by molar-refractivity contribution is 0.579. The molecule has 0 amide bonds. The second kappa shape index (κ2) is 4.37. The number of unbranched alkanes of at least 4 members (excludes halogenated alkanes) is 1. The summed E-state index contributed by atoms with van der Waals surface area (Å²) in [5.41, 5.74) is 5.68. The molecule has 0 aromatic rings. The first-order chi connectivity index (χ1) is 4.95. The highest BCUT2D eigenvalue weighted by atomic mass is 14.9. The zero-order valence-corrected chi connectivity index (χ0v) is 8.15. The van der Waals surface area contributed by atoms with E-state index in [2.05, 4.69) is 32.7 Å². The van der Waals surface area contributed by atoms with Gasteiger partial charge >= 0.3 is 0 Å². The molecule has 0 saturated heterocycles. The fourth-order valence-corrected chi connectivity index (χ4v) is 0.845. The van der Waals surface area contributed by atoms with Crippen molar-refractivity contribution in [3.05, 3.63) is 0 Å². The van der Waals surface area contributed by atoms with Gasteiger partial charge in [-0.3, -0.25) is 4.99 Å². The van der Waals surface area contributed by atoms with Crippen molar-refractivity contribution in [1.29, 1.82) is 0 Å². The summed E-state index contributed by atoms with van der Waals surface area (Å²) in [5.74, 6) is 0.791. The third-order valence-corrected chi connectivity index (χ3v) is 1.27. The van der Waals surface area contributed by atoms with Crippen LogP contribution in [0.4, 0.5) is 0 Å². The molecule has 0 aliphatic carbocycles. The maximum absolute atomic E-state index is 5.70. The van der Waals surface area contributed by atoms with E-state index in [4.69, 9.17) is 5.73 Å². The normalized spacial score (nSPS) is 13.6. The first-order valence-corrected chi connectivity index (χ1v) is 4.30. The Morgan fingerprint density at radius 1 is 1.36 bits per heavy atom. The molecule has 0 atom stereocenters. The number of amidine groups is 1. The number of hydrogen-bond donors (Lipinski definition) is 1. The minimum absolute atomic E-state index is 0.0160. The zero-order chi connectivity index (χ0) is 8.91. The van der Waals surface area contributed by atoms with Gasteiger partial charge in [-0.25, -0.2) is 0 Å². The predicted octanol–water partition coefficient (Wildman–Crippen LogP) is 2.33. The molecule has 0 fully saturated rings. The molecular weight excluding hydrogens is 136 g/mol. The molecule has 11 heavy (non-hydrogen) atoms. The molecule has 0 aromatic heterocycles. The van der Waals surface area contributed by atoms with Crippen LogP contribution in [0.5, 0.6) is 0 Å². The van der Waals surface area contributed by atoms with Crippen LogP contribution in [0.1, 0.15) is 47.0 Å². The highest BCUT2D eigenvalue weighted by Gasteiger charge is 2.07. The monoisotopic (exact) mass is 156 g/mol. The highest BCUT2D eigenvalue weighted by molar-refractivity contribution is 5.80. The van der Waals surface area contributed by atoms with Gasteiger partial charge in [0.05, 0.1) is 11.4 Å². The maximum atomic E-state index is 5.70. The molecule has 2 heteroatoms. The molecular formula is C9H20N2. The molecule has 0 radical (unpaired) electrons. The van der Waals surface area contributed by atoms with Gasteiger partial charge in [-0.1, -0.05) is 13.3 Å². The van der Waals surface area contributed by atoms with Crippen LogP contribution in [0.15, 0.2) is 4.99 Å². The Labute approximate surface area is 69.9 Å². The molecule has 0 aliphatic heterocycles. The largest absolute Gasteiger partial charge is 0.387 e. The van der Waals surface area contributed by atoms with Crippen molar-refractivity contribution in [3.8, 4) is 0 Å². The van der Waals surface area contributed by atoms with Gasteiger partial charge in [0.15, 0.2) is 0 Å². The number of nitrogens with two attached hydrogens (primary N) is 1. The molecule has 0 heterocycles. The molecule has 0 bridgehead atoms. The second-order valence-corrected chi connectivity index (χ2v) is 3.88. The summed E-state index contributed by atoms with van der Waals surface area (Å²) in [5, 5.41) is 0. The fraction of sp³-hybridized carbons (Fsp3) is 0.889. The van der Waals surface area contributed by atoms with Crippen molar-refractivity contribution in [2.75, 3.05) is 0 Å². The first-order valence-electron chi connectivity index (χ1n) is 4.30. The Morgan fingerprint density at radius 2 is 1.91 bits per heavy atom. The topological polar surface area (TPSA) is 38.4 Å². The van der Waals surface area contributed by atoms with Crippen molar-refractivity contribution in [3.63, 3.8) is 0 Å². The van der Waals surface area contributed by atoms with Gasteiger partial charge in [0.1, 0.15) is 0 Å². The Morgan fingerprint density at radius 3 is 2.27 bits per heavy atom. The van der Waals surface area contributed by atoms with Crippen LogP contribution in [0.3, 0.4) is 0 Å². The van der Waals surface area contributed by atoms with Crippen molar-refractivity contribution in [2.24, 2.45) is 10.7 Å². The molecule has 0 aliphatic rings. The standard InChI is InChI=1S/C9H20N2/c1-5-6-7-8(10)11-9(2,3)4/h5-7H2,1-4H3,(H2,10,11). The summed E-state index contributed by atoms with van der Waals surface area (Å²) in [6.07, 6.45) is 3.26. The van der Waals surface area contributed by atoms with Crippen LogP contribution in [-0.2, 0) is 0 Å². The van der Waals surface area contributed by atoms with E-state index in [1.54, 1.807) is 0 Å². The van der Waals surface area contributed by atoms with Crippen LogP contribution in [-0.4, -0.2) is 11.4 Å². The van der Waals surface area contributed by atoms with E-state index in [0.717, 1.165) is 18.7 Å². The predicted molar refractivity (Wildman–Crippen MR) is 50.9 cm³/mol. The van der Waals surface area contributed by atoms with E-state index in [1.165, 1.54) is 6.42 Å². The van der Waals surface area contributed by atoms with Gasteiger partial charge in [-0.2, -0.15) is 0 Å². The second-order valence-electron chi connectivity index (χ2n) is 3.88. The van der Waals surface area contributed by atoms with Crippen molar-refractivity contribution < 1.29 is 0 Å². The minimum Gasteiger partial charge on any atom is -0.387 e. The minimum atomic E-state index is -0.0160. The number of rotatable bonds is 3. The third-order valence-electron chi connectivity index (χ3n) is 1.27. The van der Waals surface area contributed by atoms with E-state index < -0.39 is 0 Å². The summed E-state index contributed by atoms with van der Waals surface area (Å²) in [6.45, 7) is 8.34. The van der Waals surface area contributed by atoms with Crippen molar-refractivity contribution in [2.45, 2.75) is 52.5 Å². The van der Waals surface area contributed by atoms with E-state index in [9.17, 15) is 0 Å². The summed E-state index contributed by atoms with van der Waals surface area (Å²) in [6, 6.07) is 0. The Balaban J connectivity index is 3.81. The quantitative estimate of drug-likeness (QED) is 0.494. The first kappa shape index (κ1) is 10.5. The van der Waals surface area contributed by atoms with E-state index in [1.807, 2.05) is 0 Å². The van der Waals surface area contributed by atoms with Gasteiger partial charge in [-0.05, 0) is 27.2 Å². The summed E-state index contributed by atoms with van der Waals surface area (Å²) < 4.78 is 0. The van der Waals surface area contributed by atoms with Crippen LogP contribution in [0.2, 0.25) is 0 Å². The molecule has 2 nitrogen and oxygen atoms in total. The van der Waals surface area contributed by atoms with E-state index in [-0.39, 0.29) is 5.54 Å². The van der Waals surface area contributed by atoms with Gasteiger partial charge in [0.25, 0.3) is 0 Å². The van der Waals surface area contributed by atoms with Crippen molar-refractivity contribution >= 4 is 5.84 Å². The summed E-state index contributed by atoms with van der Waals surface area (Å²) in [7, 11) is 0. The van der Waals surface area contributed by atoms with Gasteiger partial charge in [-0.15, -0.1) is 0 Å². The van der Waals surface area contributed by atoms with Crippen molar-refractivity contribution in [1.82, 2.24) is 0 Å². The molecule has 0 saturated carbocycles. The average Bonchev–Trinajstić information content (AvgIpc) is 1.79. The average molecular weight is 156 g/mol. The lowest BCUT2D eigenvalue weighted by atomic mass is 10.1. The summed E-state index contributed by atoms with van der Waals surface area (Å²) in [4.78, 5) is 4.34. The van der Waals surface area contributed by atoms with Crippen LogP contribution in [0.25, 0.3) is 0 Å². The smallest absolute Gasteiger partial charge is 0.0943 e. The van der Waals surface area contributed by atoms with E-state index in [0.29, 0.717) is 0 Å². The molecule has 66 valence electrons. The van der Waals surface area contributed by atoms with Gasteiger partial charge in [0, 0.05) is 6.42 Å². The fourth-order valence-electron chi connectivity index (χ4n) is 0.845. The number of hydrogen-bond acceptors (Lipinski definition) is 1. The Kier molecular flexibility index (Phi) is 4.16. The Hall–Kier alpha value is -0.530. The lowest BCUT2D eigenvalue weighted by Gasteiger charge is -2.13. The molecule has 0 rings (SSSR count). The highest BCUT2D eigenvalue weighted by Crippen LogP contribution is 2.07. The summed E-state index contributed by atoms with van der Waals surface area (Å²) >= 11 is 0. The zero-order valence-electron chi connectivity index (χ0n) is 8.15. The van der Waals surface area contributed by atoms with Crippen LogP contribution in [0, 0.1) is 0 Å². The SMILES string of the molecule is CCCCC(N)=NC(C)(C)C. The van der Waals surface area contributed by atoms with Crippen LogP contribution >= 0.6 is 0 Å². The van der Waals surface area contributed by atoms with Crippen LogP contribution < -0.4 is 5.73 Å². The van der Waals surface area contributed by atoms with Gasteiger partial charge in [0.2, 0.25) is 0 Å². The van der Waals surface area contributed by atoms with E-state index >= 15 is 0 Å². The lowest BCUT2D eigenvalue weighted by Crippen LogP contribution is -2.20. The number of aliphatic imine (C=N–C) groups is 1. The third kappa shape index (κ3) is 7.37. The van der Waals surface area contributed by atoms with Gasteiger partial charge < -0.3 is 5.73 Å². The molecule has 2 N–H and O–H groups in total. The molecule has 0 spiro atoms. The molecule has 0 aromatic carbocycles. The maximum Gasteiger partial charge on any atom is 0.0943 e. The Bertz CT molecular complexity index is 131.